The van der Waals surface area contributed by atoms with E-state index in [1.54, 1.807) is 73.0 Å². The van der Waals surface area contributed by atoms with Gasteiger partial charge in [0.1, 0.15) is 5.75 Å². The predicted octanol–water partition coefficient (Wildman–Crippen LogP) is 5.25. The number of aliphatic hydroxyl groups excluding tert-OH is 1. The molecule has 0 saturated heterocycles. The average molecular weight is 670 g/mol. The molecule has 0 radical (unpaired) electrons. The van der Waals surface area contributed by atoms with Gasteiger partial charge < -0.3 is 25.6 Å². The number of nitrogens with zero attached hydrogens (tertiary/aromatic N) is 1. The first-order chi connectivity index (χ1) is 21.7. The Morgan fingerprint density at radius 3 is 2.29 bits per heavy atom. The molecule has 1 aromatic heterocycles. The van der Waals surface area contributed by atoms with Crippen LogP contribution in [0.1, 0.15) is 49.1 Å². The molecular formula is C32H30Cl2N4O6S. The molecule has 4 rings (SSSR count). The highest BCUT2D eigenvalue weighted by molar-refractivity contribution is 7.14. The van der Waals surface area contributed by atoms with Gasteiger partial charge in [-0.05, 0) is 60.5 Å². The van der Waals surface area contributed by atoms with E-state index in [9.17, 15) is 19.5 Å². The Balaban J connectivity index is 1.31. The van der Waals surface area contributed by atoms with Crippen LogP contribution < -0.4 is 16.1 Å². The van der Waals surface area contributed by atoms with E-state index in [0.717, 1.165) is 5.56 Å². The van der Waals surface area contributed by atoms with Crippen LogP contribution in [0, 0.1) is 0 Å². The van der Waals surface area contributed by atoms with Crippen molar-refractivity contribution in [3.8, 4) is 16.2 Å². The van der Waals surface area contributed by atoms with E-state index in [-0.39, 0.29) is 48.4 Å². The van der Waals surface area contributed by atoms with Crippen LogP contribution in [0.3, 0.4) is 0 Å². The summed E-state index contributed by atoms with van der Waals surface area (Å²) in [5.74, 6) is -1.16. The number of rotatable bonds is 13. The molecule has 0 aliphatic rings. The first-order valence-electron chi connectivity index (χ1n) is 13.7. The summed E-state index contributed by atoms with van der Waals surface area (Å²) in [4.78, 5) is 38.4. The average Bonchev–Trinajstić information content (AvgIpc) is 3.44. The molecule has 5 N–H and O–H groups in total. The lowest BCUT2D eigenvalue weighted by Crippen LogP contribution is -2.27. The van der Waals surface area contributed by atoms with Gasteiger partial charge >= 0.3 is 0 Å². The summed E-state index contributed by atoms with van der Waals surface area (Å²) in [7, 11) is 0. The molecular weight excluding hydrogens is 639 g/mol. The van der Waals surface area contributed by atoms with Crippen molar-refractivity contribution in [3.63, 3.8) is 0 Å². The molecule has 0 fully saturated rings. The van der Waals surface area contributed by atoms with Crippen LogP contribution >= 0.6 is 34.5 Å². The van der Waals surface area contributed by atoms with Crippen molar-refractivity contribution in [2.24, 2.45) is 5.10 Å². The molecule has 0 aliphatic heterocycles. The molecule has 234 valence electrons. The lowest BCUT2D eigenvalue weighted by atomic mass is 10.1. The van der Waals surface area contributed by atoms with Crippen LogP contribution in [0.5, 0.6) is 5.75 Å². The van der Waals surface area contributed by atoms with E-state index in [1.807, 2.05) is 0 Å². The molecule has 0 bridgehead atoms. The number of amides is 3. The Labute approximate surface area is 273 Å². The summed E-state index contributed by atoms with van der Waals surface area (Å²) >= 11 is 13.4. The van der Waals surface area contributed by atoms with Crippen molar-refractivity contribution in [2.75, 3.05) is 26.4 Å². The van der Waals surface area contributed by atoms with Gasteiger partial charge in [0.2, 0.25) is 0 Å². The highest BCUT2D eigenvalue weighted by Crippen LogP contribution is 2.40. The van der Waals surface area contributed by atoms with Gasteiger partial charge in [-0.15, -0.1) is 11.3 Å². The highest BCUT2D eigenvalue weighted by atomic mass is 35.5. The van der Waals surface area contributed by atoms with Crippen molar-refractivity contribution in [3.05, 3.63) is 110 Å². The third kappa shape index (κ3) is 9.13. The molecule has 3 amide bonds. The molecule has 13 heteroatoms. The smallest absolute Gasteiger partial charge is 0.271 e. The minimum absolute atomic E-state index is 0.00543. The van der Waals surface area contributed by atoms with Crippen LogP contribution in [0.25, 0.3) is 10.4 Å². The van der Waals surface area contributed by atoms with E-state index >= 15 is 0 Å². The fraction of sp³-hybridized carbons (Fsp3) is 0.188. The second kappa shape index (κ2) is 16.2. The summed E-state index contributed by atoms with van der Waals surface area (Å²) < 4.78 is 5.11. The Bertz CT molecular complexity index is 1710. The fourth-order valence-electron chi connectivity index (χ4n) is 4.08. The zero-order valence-corrected chi connectivity index (χ0v) is 26.4. The first-order valence-corrected chi connectivity index (χ1v) is 15.4. The zero-order valence-electron chi connectivity index (χ0n) is 24.1. The Morgan fingerprint density at radius 1 is 0.867 bits per heavy atom. The van der Waals surface area contributed by atoms with Crippen molar-refractivity contribution in [1.29, 1.82) is 0 Å². The number of benzene rings is 3. The molecule has 45 heavy (non-hydrogen) atoms. The van der Waals surface area contributed by atoms with Gasteiger partial charge in [0, 0.05) is 35.2 Å². The van der Waals surface area contributed by atoms with Crippen LogP contribution in [0.15, 0.2) is 77.2 Å². The third-order valence-electron chi connectivity index (χ3n) is 6.49. The van der Waals surface area contributed by atoms with Gasteiger partial charge in [-0.25, -0.2) is 5.43 Å². The predicted molar refractivity (Wildman–Crippen MR) is 175 cm³/mol. The second-order valence-electron chi connectivity index (χ2n) is 9.65. The van der Waals surface area contributed by atoms with E-state index in [1.165, 1.54) is 17.4 Å². The summed E-state index contributed by atoms with van der Waals surface area (Å²) in [6, 6.07) is 18.0. The molecule has 4 aromatic rings. The number of halogens is 2. The summed E-state index contributed by atoms with van der Waals surface area (Å²) in [5.41, 5.74) is 5.75. The number of hydrazone groups is 1. The highest BCUT2D eigenvalue weighted by Gasteiger charge is 2.17. The van der Waals surface area contributed by atoms with Gasteiger partial charge in [0.25, 0.3) is 17.7 Å². The molecule has 0 unspecified atom stereocenters. The lowest BCUT2D eigenvalue weighted by Gasteiger charge is -2.09. The maximum atomic E-state index is 12.8. The Hall–Kier alpha value is -4.26. The second-order valence-corrected chi connectivity index (χ2v) is 11.3. The van der Waals surface area contributed by atoms with E-state index in [2.05, 4.69) is 21.2 Å². The number of carbonyl (C=O) groups excluding carboxylic acids is 3. The van der Waals surface area contributed by atoms with Crippen LogP contribution in [-0.4, -0.2) is 60.0 Å². The van der Waals surface area contributed by atoms with E-state index in [0.29, 0.717) is 50.5 Å². The molecule has 10 nitrogen and oxygen atoms in total. The van der Waals surface area contributed by atoms with Crippen LogP contribution in [0.2, 0.25) is 10.0 Å². The number of thiophene rings is 1. The number of hydrogen-bond donors (Lipinski definition) is 5. The zero-order chi connectivity index (χ0) is 32.3. The first kappa shape index (κ1) is 33.6. The van der Waals surface area contributed by atoms with Gasteiger partial charge in [-0.2, -0.15) is 5.10 Å². The van der Waals surface area contributed by atoms with Crippen molar-refractivity contribution >= 4 is 58.0 Å². The molecule has 0 atom stereocenters. The van der Waals surface area contributed by atoms with Crippen molar-refractivity contribution in [2.45, 2.75) is 13.5 Å². The molecule has 1 heterocycles. The monoisotopic (exact) mass is 668 g/mol. The maximum Gasteiger partial charge on any atom is 0.271 e. The normalized spacial score (nSPS) is 11.2. The van der Waals surface area contributed by atoms with Crippen LogP contribution in [-0.2, 0) is 11.3 Å². The van der Waals surface area contributed by atoms with Crippen LogP contribution in [0.4, 0.5) is 0 Å². The summed E-state index contributed by atoms with van der Waals surface area (Å²) in [5, 5.41) is 31.7. The quantitative estimate of drug-likeness (QED) is 0.0746. The third-order valence-corrected chi connectivity index (χ3v) is 8.24. The molecule has 0 aliphatic carbocycles. The number of aliphatic hydroxyl groups is 1. The summed E-state index contributed by atoms with van der Waals surface area (Å²) in [6.45, 7) is 2.63. The van der Waals surface area contributed by atoms with Gasteiger partial charge in [0.15, 0.2) is 0 Å². The number of hydrogen-bond acceptors (Lipinski definition) is 8. The number of aromatic hydroxyl groups is 1. The SMILES string of the molecule is C/C(=N\NC(=O)c1cccc(C(=O)NCc2ccc(C(=O)NCCOCCO)cc2)c1)c1csc(-c2ccc(Cl)c(Cl)c2)c1O. The minimum atomic E-state index is -0.530. The van der Waals surface area contributed by atoms with Gasteiger partial charge in [-0.3, -0.25) is 14.4 Å². The number of ether oxygens (including phenoxy) is 1. The maximum absolute atomic E-state index is 12.8. The Morgan fingerprint density at radius 2 is 1.58 bits per heavy atom. The summed E-state index contributed by atoms with van der Waals surface area (Å²) in [6.07, 6.45) is 0. The van der Waals surface area contributed by atoms with Crippen molar-refractivity contribution < 1.29 is 29.3 Å². The minimum Gasteiger partial charge on any atom is -0.506 e. The molecule has 3 aromatic carbocycles. The van der Waals surface area contributed by atoms with E-state index in [4.69, 9.17) is 33.0 Å². The van der Waals surface area contributed by atoms with Gasteiger partial charge in [-0.1, -0.05) is 47.5 Å². The Kier molecular flexibility index (Phi) is 12.1. The lowest BCUT2D eigenvalue weighted by molar-refractivity contribution is 0.0837. The van der Waals surface area contributed by atoms with Crippen molar-refractivity contribution in [1.82, 2.24) is 16.1 Å². The standard InChI is InChI=1S/C32H30Cl2N4O6S/c1-19(25-18-45-29(28(25)40)22-9-10-26(33)27(34)16-22)37-38-32(43)24-4-2-3-23(15-24)31(42)36-17-20-5-7-21(8-6-20)30(41)35-11-13-44-14-12-39/h2-10,15-16,18,39-40H,11-14,17H2,1H3,(H,35,41)(H,36,42)(H,38,43)/b37-19+. The van der Waals surface area contributed by atoms with Gasteiger partial charge in [0.05, 0.1) is 46.0 Å². The largest absolute Gasteiger partial charge is 0.506 e. The number of nitrogens with one attached hydrogen (secondary N) is 3. The number of carbonyl (C=O) groups is 3. The fourth-order valence-corrected chi connectivity index (χ4v) is 5.38. The molecule has 0 saturated carbocycles. The van der Waals surface area contributed by atoms with E-state index < -0.39 is 5.91 Å². The molecule has 0 spiro atoms. The topological polar surface area (TPSA) is 149 Å².